The maximum atomic E-state index is 12.8. The number of nitrogens with one attached hydrogen (secondary N) is 2. The number of hydrogen-bond donors (Lipinski definition) is 2. The van der Waals surface area contributed by atoms with E-state index in [-0.39, 0.29) is 11.8 Å². The highest BCUT2D eigenvalue weighted by Crippen LogP contribution is 2.41. The molecule has 2 N–H and O–H groups in total. The van der Waals surface area contributed by atoms with Crippen LogP contribution < -0.4 is 20.1 Å². The number of aryl methyl sites for hydroxylation is 1. The van der Waals surface area contributed by atoms with Crippen molar-refractivity contribution in [2.75, 3.05) is 10.6 Å². The standard InChI is InChI=1S/C22H19ClN2O4S/c1-12-10-18(25-20(26)14-6-4-5-7-15(14)23)30-19(12)21(27)24-13-8-9-16-17(11-13)29-22(2,3)28-16/h4-11H,1-3H3,(H,24,27)(H,25,26). The van der Waals surface area contributed by atoms with Crippen molar-refractivity contribution >= 4 is 45.4 Å². The number of carbonyl (C=O) groups excluding carboxylic acids is 2. The van der Waals surface area contributed by atoms with Gasteiger partial charge >= 0.3 is 0 Å². The summed E-state index contributed by atoms with van der Waals surface area (Å²) in [6, 6.07) is 13.8. The quantitative estimate of drug-likeness (QED) is 0.541. The Bertz CT molecular complexity index is 1160. The van der Waals surface area contributed by atoms with Crippen molar-refractivity contribution in [3.63, 3.8) is 0 Å². The van der Waals surface area contributed by atoms with E-state index in [1.54, 1.807) is 48.5 Å². The third-order valence-corrected chi connectivity index (χ3v) is 5.87. The number of fused-ring (bicyclic) bond motifs is 1. The number of benzene rings is 2. The third-order valence-electron chi connectivity index (χ3n) is 4.39. The topological polar surface area (TPSA) is 76.7 Å². The minimum absolute atomic E-state index is 0.270. The lowest BCUT2D eigenvalue weighted by atomic mass is 10.2. The van der Waals surface area contributed by atoms with Gasteiger partial charge in [-0.3, -0.25) is 9.59 Å². The normalized spacial score (nSPS) is 13.7. The summed E-state index contributed by atoms with van der Waals surface area (Å²) >= 11 is 7.28. The predicted molar refractivity (Wildman–Crippen MR) is 118 cm³/mol. The van der Waals surface area contributed by atoms with Gasteiger partial charge < -0.3 is 20.1 Å². The Kier molecular flexibility index (Phi) is 5.17. The fourth-order valence-corrected chi connectivity index (χ4v) is 4.27. The lowest BCUT2D eigenvalue weighted by molar-refractivity contribution is -0.0431. The lowest BCUT2D eigenvalue weighted by Gasteiger charge is -2.16. The van der Waals surface area contributed by atoms with Gasteiger partial charge in [0.05, 0.1) is 20.5 Å². The SMILES string of the molecule is Cc1cc(NC(=O)c2ccccc2Cl)sc1C(=O)Nc1ccc2c(c1)OC(C)(C)O2. The van der Waals surface area contributed by atoms with Crippen molar-refractivity contribution in [3.8, 4) is 11.5 Å². The summed E-state index contributed by atoms with van der Waals surface area (Å²) in [4.78, 5) is 25.7. The average Bonchev–Trinajstić information content (AvgIpc) is 3.19. The molecule has 30 heavy (non-hydrogen) atoms. The maximum Gasteiger partial charge on any atom is 0.266 e. The van der Waals surface area contributed by atoms with E-state index in [1.165, 1.54) is 11.3 Å². The molecule has 1 aromatic heterocycles. The van der Waals surface area contributed by atoms with E-state index < -0.39 is 5.79 Å². The van der Waals surface area contributed by atoms with Gasteiger partial charge in [0, 0.05) is 25.6 Å². The van der Waals surface area contributed by atoms with Gasteiger partial charge in [0.1, 0.15) is 0 Å². The first-order valence-electron chi connectivity index (χ1n) is 9.21. The van der Waals surface area contributed by atoms with Gasteiger partial charge in [0.25, 0.3) is 11.8 Å². The first-order chi connectivity index (χ1) is 14.2. The Morgan fingerprint density at radius 3 is 2.47 bits per heavy atom. The molecule has 0 radical (unpaired) electrons. The number of anilines is 2. The Morgan fingerprint density at radius 1 is 0.967 bits per heavy atom. The van der Waals surface area contributed by atoms with Crippen LogP contribution in [0.4, 0.5) is 10.7 Å². The molecule has 4 rings (SSSR count). The summed E-state index contributed by atoms with van der Waals surface area (Å²) in [6.07, 6.45) is 0. The molecule has 0 spiro atoms. The van der Waals surface area contributed by atoms with Gasteiger partial charge in [-0.05, 0) is 42.8 Å². The molecule has 2 amide bonds. The number of carbonyl (C=O) groups is 2. The van der Waals surface area contributed by atoms with Crippen LogP contribution in [0.2, 0.25) is 5.02 Å². The van der Waals surface area contributed by atoms with Crippen molar-refractivity contribution in [2.45, 2.75) is 26.6 Å². The summed E-state index contributed by atoms with van der Waals surface area (Å²) in [7, 11) is 0. The summed E-state index contributed by atoms with van der Waals surface area (Å²) < 4.78 is 11.4. The van der Waals surface area contributed by atoms with Crippen LogP contribution in [0.15, 0.2) is 48.5 Å². The van der Waals surface area contributed by atoms with Crippen LogP contribution in [0.5, 0.6) is 11.5 Å². The zero-order chi connectivity index (χ0) is 21.5. The van der Waals surface area contributed by atoms with Crippen LogP contribution in [0.3, 0.4) is 0 Å². The summed E-state index contributed by atoms with van der Waals surface area (Å²) in [6.45, 7) is 5.45. The van der Waals surface area contributed by atoms with Gasteiger partial charge in [-0.2, -0.15) is 0 Å². The van der Waals surface area contributed by atoms with E-state index in [0.29, 0.717) is 37.7 Å². The monoisotopic (exact) mass is 442 g/mol. The van der Waals surface area contributed by atoms with Gasteiger partial charge in [0.15, 0.2) is 11.5 Å². The van der Waals surface area contributed by atoms with Gasteiger partial charge in [-0.15, -0.1) is 11.3 Å². The molecule has 0 fully saturated rings. The van der Waals surface area contributed by atoms with Crippen LogP contribution in [0, 0.1) is 6.92 Å². The molecule has 1 aliphatic heterocycles. The van der Waals surface area contributed by atoms with Crippen LogP contribution in [-0.4, -0.2) is 17.6 Å². The van der Waals surface area contributed by atoms with E-state index in [9.17, 15) is 9.59 Å². The van der Waals surface area contributed by atoms with Crippen molar-refractivity contribution in [2.24, 2.45) is 0 Å². The molecule has 0 bridgehead atoms. The number of thiophene rings is 1. The molecule has 8 heteroatoms. The number of ether oxygens (including phenoxy) is 2. The predicted octanol–water partition coefficient (Wildman–Crippen LogP) is 5.72. The maximum absolute atomic E-state index is 12.8. The molecule has 3 aromatic rings. The van der Waals surface area contributed by atoms with Gasteiger partial charge in [0.2, 0.25) is 5.79 Å². The zero-order valence-electron chi connectivity index (χ0n) is 16.5. The molecule has 0 atom stereocenters. The highest BCUT2D eigenvalue weighted by atomic mass is 35.5. The van der Waals surface area contributed by atoms with E-state index in [0.717, 1.165) is 5.56 Å². The zero-order valence-corrected chi connectivity index (χ0v) is 18.1. The molecule has 0 aliphatic carbocycles. The molecule has 0 saturated heterocycles. The smallest absolute Gasteiger partial charge is 0.266 e. The first kappa shape index (κ1) is 20.3. The highest BCUT2D eigenvalue weighted by molar-refractivity contribution is 7.18. The van der Waals surface area contributed by atoms with Crippen LogP contribution in [-0.2, 0) is 0 Å². The Labute approximate surface area is 182 Å². The molecule has 0 saturated carbocycles. The molecular weight excluding hydrogens is 424 g/mol. The van der Waals surface area contributed by atoms with Gasteiger partial charge in [-0.25, -0.2) is 0 Å². The second-order valence-electron chi connectivity index (χ2n) is 7.28. The van der Waals surface area contributed by atoms with Crippen LogP contribution in [0.1, 0.15) is 39.4 Å². The molecular formula is C22H19ClN2O4S. The largest absolute Gasteiger partial charge is 0.449 e. The molecule has 6 nitrogen and oxygen atoms in total. The van der Waals surface area contributed by atoms with Crippen LogP contribution in [0.25, 0.3) is 0 Å². The van der Waals surface area contributed by atoms with E-state index in [1.807, 2.05) is 20.8 Å². The molecule has 0 unspecified atom stereocenters. The minimum Gasteiger partial charge on any atom is -0.449 e. The van der Waals surface area contributed by atoms with Crippen molar-refractivity contribution < 1.29 is 19.1 Å². The van der Waals surface area contributed by atoms with Crippen molar-refractivity contribution in [1.82, 2.24) is 0 Å². The Morgan fingerprint density at radius 2 is 1.70 bits per heavy atom. The molecule has 1 aliphatic rings. The van der Waals surface area contributed by atoms with Crippen molar-refractivity contribution in [3.05, 3.63) is 69.6 Å². The number of hydrogen-bond acceptors (Lipinski definition) is 5. The summed E-state index contributed by atoms with van der Waals surface area (Å²) in [5.74, 6) is -0.117. The second-order valence-corrected chi connectivity index (χ2v) is 8.74. The third kappa shape index (κ3) is 4.13. The minimum atomic E-state index is -0.732. The molecule has 2 heterocycles. The van der Waals surface area contributed by atoms with E-state index >= 15 is 0 Å². The molecule has 154 valence electrons. The number of halogens is 1. The van der Waals surface area contributed by atoms with Crippen LogP contribution >= 0.6 is 22.9 Å². The fourth-order valence-electron chi connectivity index (χ4n) is 3.08. The molecule has 2 aromatic carbocycles. The summed E-state index contributed by atoms with van der Waals surface area (Å²) in [5.41, 5.74) is 1.72. The number of rotatable bonds is 4. The fraction of sp³-hybridized carbons (Fsp3) is 0.182. The Hall–Kier alpha value is -3.03. The second kappa shape index (κ2) is 7.66. The number of amides is 2. The van der Waals surface area contributed by atoms with Crippen molar-refractivity contribution in [1.29, 1.82) is 0 Å². The lowest BCUT2D eigenvalue weighted by Crippen LogP contribution is -2.29. The van der Waals surface area contributed by atoms with Gasteiger partial charge in [-0.1, -0.05) is 23.7 Å². The van der Waals surface area contributed by atoms with E-state index in [4.69, 9.17) is 21.1 Å². The summed E-state index contributed by atoms with van der Waals surface area (Å²) in [5, 5.41) is 6.60. The highest BCUT2D eigenvalue weighted by Gasteiger charge is 2.31. The van der Waals surface area contributed by atoms with E-state index in [2.05, 4.69) is 10.6 Å². The Balaban J connectivity index is 1.48. The average molecular weight is 443 g/mol. The first-order valence-corrected chi connectivity index (χ1v) is 10.4.